The molecule has 0 amide bonds. The largest absolute Gasteiger partial charge is 0.462 e. The first-order valence-electron chi connectivity index (χ1n) is 12.8. The summed E-state index contributed by atoms with van der Waals surface area (Å²) in [6.45, 7) is 11.7. The number of rotatable bonds is 10. The zero-order chi connectivity index (χ0) is 29.7. The number of terminal acetylenes is 1. The molecule has 0 aliphatic carbocycles. The second-order valence-corrected chi connectivity index (χ2v) is 18.8. The van der Waals surface area contributed by atoms with Gasteiger partial charge in [0.1, 0.15) is 20.2 Å². The second-order valence-electron chi connectivity index (χ2n) is 8.87. The molecule has 0 radical (unpaired) electrons. The summed E-state index contributed by atoms with van der Waals surface area (Å²) in [5, 5.41) is 2.23. The first-order chi connectivity index (χ1) is 19.2. The van der Waals surface area contributed by atoms with Crippen LogP contribution in [-0.2, 0) is 17.8 Å². The quantitative estimate of drug-likeness (QED) is 0.138. The Morgan fingerprint density at radius 2 is 1.52 bits per heavy atom. The highest BCUT2D eigenvalue weighted by Crippen LogP contribution is 2.06. The molecular weight excluding hydrogens is 561 g/mol. The fourth-order valence-corrected chi connectivity index (χ4v) is 11.7. The molecule has 0 spiro atoms. The van der Waals surface area contributed by atoms with Crippen molar-refractivity contribution in [2.24, 2.45) is 0 Å². The zero-order valence-electron chi connectivity index (χ0n) is 24.0. The van der Waals surface area contributed by atoms with E-state index in [0.717, 1.165) is 22.8 Å². The van der Waals surface area contributed by atoms with Crippen LogP contribution in [0.25, 0.3) is 0 Å². The van der Waals surface area contributed by atoms with Gasteiger partial charge in [0, 0.05) is 8.43 Å². The molecule has 4 nitrogen and oxygen atoms in total. The van der Waals surface area contributed by atoms with Crippen molar-refractivity contribution in [3.05, 3.63) is 72.8 Å². The smallest absolute Gasteiger partial charge is 0.333 e. The average Bonchev–Trinajstić information content (AvgIpc) is 2.96. The van der Waals surface area contributed by atoms with Crippen molar-refractivity contribution in [3.8, 4) is 59.0 Å². The molecule has 208 valence electrons. The van der Waals surface area contributed by atoms with E-state index in [2.05, 4.69) is 96.5 Å². The fraction of sp³-hybridized carbons (Fsp3) is 0.219. The third kappa shape index (κ3) is 12.9. The Morgan fingerprint density at radius 3 is 2.02 bits per heavy atom. The standard InChI is InChI=1S/C20H14OSi2.C12H22O3Si2.2H2/c1-2-3-4-5-6-13-18-23(21-22,19-14-9-7-10-15-19)20-16-11-8-12-17-20;1-6-10-17(4,5)15-16-9-7-8-14-12(13)11(2)3;;/h1,7-12,14-17H,22H3;2,7-9,16H2,1,3-5H3;2*1H. The van der Waals surface area contributed by atoms with Gasteiger partial charge >= 0.3 is 14.3 Å². The number of esters is 1. The maximum atomic E-state index is 11.1. The summed E-state index contributed by atoms with van der Waals surface area (Å²) in [4.78, 5) is 11.1. The summed E-state index contributed by atoms with van der Waals surface area (Å²) in [7, 11) is -4.24. The van der Waals surface area contributed by atoms with E-state index in [4.69, 9.17) is 19.4 Å². The van der Waals surface area contributed by atoms with Crippen LogP contribution in [0.3, 0.4) is 0 Å². The number of hydrogen-bond acceptors (Lipinski definition) is 4. The predicted molar refractivity (Wildman–Crippen MR) is 181 cm³/mol. The van der Waals surface area contributed by atoms with Crippen molar-refractivity contribution in [1.82, 2.24) is 0 Å². The Morgan fingerprint density at radius 1 is 0.975 bits per heavy atom. The molecule has 2 aromatic carbocycles. The van der Waals surface area contributed by atoms with Gasteiger partial charge in [0.25, 0.3) is 8.32 Å². The summed E-state index contributed by atoms with van der Waals surface area (Å²) in [5.74, 6) is 18.1. The summed E-state index contributed by atoms with van der Waals surface area (Å²) in [6, 6.07) is 21.3. The third-order valence-electron chi connectivity index (χ3n) is 5.24. The maximum Gasteiger partial charge on any atom is 0.333 e. The van der Waals surface area contributed by atoms with E-state index in [1.807, 2.05) is 43.3 Å². The molecule has 2 rings (SSSR count). The Labute approximate surface area is 251 Å². The highest BCUT2D eigenvalue weighted by atomic mass is 28.4. The van der Waals surface area contributed by atoms with Crippen LogP contribution >= 0.6 is 0 Å². The van der Waals surface area contributed by atoms with Gasteiger partial charge in [-0.15, -0.1) is 12.3 Å². The SMILES string of the molecule is C#CC#CC#CC#C[Si](O[SiH3])(c1ccccc1)c1ccccc1.C=C(C)C(=O)OCCC[SiH2]O[Si](C)(C)C#CC.[HH].[HH]. The van der Waals surface area contributed by atoms with Gasteiger partial charge in [-0.1, -0.05) is 78.3 Å². The van der Waals surface area contributed by atoms with Crippen LogP contribution in [0.5, 0.6) is 0 Å². The highest BCUT2D eigenvalue weighted by Gasteiger charge is 2.36. The predicted octanol–water partition coefficient (Wildman–Crippen LogP) is 2.50. The van der Waals surface area contributed by atoms with Gasteiger partial charge in [-0.3, -0.25) is 0 Å². The fourth-order valence-electron chi connectivity index (χ4n) is 3.35. The summed E-state index contributed by atoms with van der Waals surface area (Å²) in [6.07, 6.45) is 5.92. The van der Waals surface area contributed by atoms with Crippen LogP contribution in [-0.4, -0.2) is 49.5 Å². The lowest BCUT2D eigenvalue weighted by atomic mass is 10.4. The Kier molecular flexibility index (Phi) is 16.6. The van der Waals surface area contributed by atoms with Gasteiger partial charge in [-0.2, -0.15) is 0 Å². The van der Waals surface area contributed by atoms with Crippen LogP contribution in [0.15, 0.2) is 72.8 Å². The molecule has 8 heteroatoms. The van der Waals surface area contributed by atoms with E-state index in [1.165, 1.54) is 0 Å². The molecule has 0 unspecified atom stereocenters. The van der Waals surface area contributed by atoms with Gasteiger partial charge in [0.2, 0.25) is 0 Å². The van der Waals surface area contributed by atoms with Gasteiger partial charge < -0.3 is 13.0 Å². The zero-order valence-corrected chi connectivity index (χ0v) is 29.4. The molecule has 40 heavy (non-hydrogen) atoms. The monoisotopic (exact) mass is 600 g/mol. The molecule has 0 aromatic heterocycles. The minimum atomic E-state index is -2.58. The molecule has 0 saturated heterocycles. The van der Waals surface area contributed by atoms with E-state index >= 15 is 0 Å². The summed E-state index contributed by atoms with van der Waals surface area (Å²) >= 11 is 0. The minimum absolute atomic E-state index is 0. The third-order valence-corrected chi connectivity index (χ3v) is 15.8. The summed E-state index contributed by atoms with van der Waals surface area (Å²) in [5.41, 5.74) is 6.90. The molecule has 0 N–H and O–H groups in total. The average molecular weight is 601 g/mol. The van der Waals surface area contributed by atoms with Crippen molar-refractivity contribution in [1.29, 1.82) is 0 Å². The van der Waals surface area contributed by atoms with Gasteiger partial charge in [-0.05, 0) is 85.3 Å². The molecule has 0 fully saturated rings. The number of ether oxygens (including phenoxy) is 1. The lowest BCUT2D eigenvalue weighted by Gasteiger charge is -2.25. The van der Waals surface area contributed by atoms with Gasteiger partial charge in [0.05, 0.1) is 6.61 Å². The lowest BCUT2D eigenvalue weighted by Crippen LogP contribution is -2.59. The van der Waals surface area contributed by atoms with Crippen LogP contribution in [0.2, 0.25) is 19.1 Å². The van der Waals surface area contributed by atoms with E-state index in [9.17, 15) is 4.79 Å². The van der Waals surface area contributed by atoms with Crippen molar-refractivity contribution in [2.75, 3.05) is 6.61 Å². The van der Waals surface area contributed by atoms with Crippen molar-refractivity contribution in [3.63, 3.8) is 0 Å². The molecule has 0 atom stereocenters. The van der Waals surface area contributed by atoms with Gasteiger partial charge in [-0.25, -0.2) is 4.79 Å². The Bertz CT molecular complexity index is 1370. The molecule has 0 heterocycles. The van der Waals surface area contributed by atoms with Crippen LogP contribution in [0, 0.1) is 59.0 Å². The molecular formula is C32H40O4Si4. The topological polar surface area (TPSA) is 44.8 Å². The first kappa shape index (κ1) is 34.3. The summed E-state index contributed by atoms with van der Waals surface area (Å²) < 4.78 is 17.0. The number of carbonyl (C=O) groups excluding carboxylic acids is 1. The minimum Gasteiger partial charge on any atom is -0.462 e. The number of benzene rings is 2. The van der Waals surface area contributed by atoms with Crippen LogP contribution in [0.4, 0.5) is 0 Å². The molecule has 0 saturated carbocycles. The molecule has 2 aromatic rings. The lowest BCUT2D eigenvalue weighted by molar-refractivity contribution is -0.138. The van der Waals surface area contributed by atoms with Crippen LogP contribution in [0.1, 0.15) is 23.1 Å². The molecule has 0 bridgehead atoms. The second kappa shape index (κ2) is 19.3. The van der Waals surface area contributed by atoms with Crippen LogP contribution < -0.4 is 10.4 Å². The van der Waals surface area contributed by atoms with Crippen molar-refractivity contribution >= 4 is 53.2 Å². The van der Waals surface area contributed by atoms with Crippen molar-refractivity contribution < 1.29 is 20.6 Å². The molecule has 0 aliphatic heterocycles. The van der Waals surface area contributed by atoms with E-state index in [0.29, 0.717) is 22.7 Å². The maximum absolute atomic E-state index is 11.1. The highest BCUT2D eigenvalue weighted by molar-refractivity contribution is 7.04. The molecule has 0 aliphatic rings. The number of hydrogen-bond donors (Lipinski definition) is 0. The van der Waals surface area contributed by atoms with E-state index in [1.54, 1.807) is 6.92 Å². The van der Waals surface area contributed by atoms with E-state index in [-0.39, 0.29) is 8.82 Å². The number of carbonyl (C=O) groups is 1. The normalized spacial score (nSPS) is 9.97. The van der Waals surface area contributed by atoms with Gasteiger partial charge in [0.15, 0.2) is 0 Å². The Hall–Kier alpha value is -3.76. The first-order valence-corrected chi connectivity index (χ1v) is 20.0. The Balaban J connectivity index is 0. The van der Waals surface area contributed by atoms with E-state index < -0.39 is 26.4 Å². The van der Waals surface area contributed by atoms with Crippen molar-refractivity contribution in [2.45, 2.75) is 39.4 Å².